The molecule has 0 bridgehead atoms. The molecular weight excluding hydrogens is 549 g/mol. The van der Waals surface area contributed by atoms with Gasteiger partial charge in [0.1, 0.15) is 5.82 Å². The number of nitrogens with one attached hydrogen (secondary N) is 2. The maximum absolute atomic E-state index is 13.9. The van der Waals surface area contributed by atoms with Crippen molar-refractivity contribution in [3.63, 3.8) is 0 Å². The Morgan fingerprint density at radius 2 is 1.57 bits per heavy atom. The first-order chi connectivity index (χ1) is 20.5. The van der Waals surface area contributed by atoms with E-state index >= 15 is 0 Å². The molecule has 9 heteroatoms. The number of anilines is 2. The molecule has 0 unspecified atom stereocenters. The molecule has 0 aliphatic heterocycles. The van der Waals surface area contributed by atoms with Crippen molar-refractivity contribution < 1.29 is 14.0 Å². The number of rotatable bonds is 10. The number of thioether (sulfide) groups is 1. The zero-order chi connectivity index (χ0) is 29.3. The van der Waals surface area contributed by atoms with E-state index in [-0.39, 0.29) is 17.5 Å². The Hall–Kier alpha value is -5.02. The smallest absolute Gasteiger partial charge is 0.255 e. The second-order valence-electron chi connectivity index (χ2n) is 9.28. The molecule has 1 aromatic heterocycles. The number of hydrogen-bond acceptors (Lipinski definition) is 5. The monoisotopic (exact) mass is 577 g/mol. The number of halogens is 1. The fourth-order valence-corrected chi connectivity index (χ4v) is 5.13. The highest BCUT2D eigenvalue weighted by molar-refractivity contribution is 7.98. The van der Waals surface area contributed by atoms with E-state index < -0.39 is 5.82 Å². The summed E-state index contributed by atoms with van der Waals surface area (Å²) < 4.78 is 15.9. The van der Waals surface area contributed by atoms with Crippen LogP contribution in [0.5, 0.6) is 0 Å². The highest BCUT2D eigenvalue weighted by atomic mass is 32.2. The molecule has 210 valence electrons. The van der Waals surface area contributed by atoms with Crippen molar-refractivity contribution in [1.29, 1.82) is 0 Å². The van der Waals surface area contributed by atoms with E-state index in [1.807, 2.05) is 78.2 Å². The summed E-state index contributed by atoms with van der Waals surface area (Å²) in [5, 5.41) is 15.1. The van der Waals surface area contributed by atoms with Crippen molar-refractivity contribution >= 4 is 41.0 Å². The summed E-state index contributed by atoms with van der Waals surface area (Å²) >= 11 is 1.55. The summed E-state index contributed by atoms with van der Waals surface area (Å²) in [5.41, 5.74) is 4.13. The van der Waals surface area contributed by atoms with Gasteiger partial charge in [-0.3, -0.25) is 9.59 Å². The lowest BCUT2D eigenvalue weighted by Crippen LogP contribution is -2.12. The van der Waals surface area contributed by atoms with Crippen molar-refractivity contribution in [2.24, 2.45) is 0 Å². The van der Waals surface area contributed by atoms with Crippen LogP contribution in [0.1, 0.15) is 28.4 Å². The lowest BCUT2D eigenvalue weighted by atomic mass is 10.1. The molecule has 7 nitrogen and oxygen atoms in total. The highest BCUT2D eigenvalue weighted by Crippen LogP contribution is 2.27. The van der Waals surface area contributed by atoms with Crippen LogP contribution in [0.15, 0.2) is 114 Å². The number of carbonyl (C=O) groups is 2. The first kappa shape index (κ1) is 28.5. The Balaban J connectivity index is 1.18. The molecule has 0 saturated carbocycles. The van der Waals surface area contributed by atoms with Crippen molar-refractivity contribution in [3.8, 4) is 11.4 Å². The molecule has 2 amide bonds. The van der Waals surface area contributed by atoms with Crippen LogP contribution in [0.25, 0.3) is 17.5 Å². The summed E-state index contributed by atoms with van der Waals surface area (Å²) in [6.45, 7) is 2.72. The van der Waals surface area contributed by atoms with E-state index in [2.05, 4.69) is 20.8 Å². The minimum atomic E-state index is -0.479. The molecular formula is C33H28FN5O2S. The quantitative estimate of drug-likeness (QED) is 0.134. The van der Waals surface area contributed by atoms with Gasteiger partial charge in [0.15, 0.2) is 11.0 Å². The van der Waals surface area contributed by atoms with Crippen molar-refractivity contribution in [2.75, 3.05) is 10.6 Å². The lowest BCUT2D eigenvalue weighted by Gasteiger charge is -2.09. The number of amides is 2. The van der Waals surface area contributed by atoms with Gasteiger partial charge in [-0.2, -0.15) is 0 Å². The summed E-state index contributed by atoms with van der Waals surface area (Å²) in [4.78, 5) is 24.8. The van der Waals surface area contributed by atoms with Gasteiger partial charge in [0.05, 0.1) is 5.69 Å². The van der Waals surface area contributed by atoms with Crippen LogP contribution in [0.3, 0.4) is 0 Å². The predicted octanol–water partition coefficient (Wildman–Crippen LogP) is 7.30. The van der Waals surface area contributed by atoms with E-state index in [0.717, 1.165) is 27.7 Å². The maximum Gasteiger partial charge on any atom is 0.255 e. The summed E-state index contributed by atoms with van der Waals surface area (Å²) in [7, 11) is 0. The standard InChI is InChI=1S/C33H28FN5O2S/c1-2-39-31(25-17-19-27(20-18-25)35-30(40)21-14-23-8-4-3-5-9-23)37-38-33(39)42-22-24-12-15-26(16-13-24)32(41)36-29-11-7-6-10-28(29)34/h3-21H,2,22H2,1H3,(H,35,40)(H,36,41). The van der Waals surface area contributed by atoms with E-state index in [1.165, 1.54) is 18.2 Å². The van der Waals surface area contributed by atoms with E-state index in [1.54, 1.807) is 42.1 Å². The van der Waals surface area contributed by atoms with Gasteiger partial charge in [0.2, 0.25) is 5.91 Å². The Morgan fingerprint density at radius 1 is 0.857 bits per heavy atom. The number of hydrogen-bond donors (Lipinski definition) is 2. The molecule has 0 aliphatic rings. The largest absolute Gasteiger partial charge is 0.323 e. The van der Waals surface area contributed by atoms with Crippen LogP contribution < -0.4 is 10.6 Å². The van der Waals surface area contributed by atoms with Crippen molar-refractivity contribution in [3.05, 3.63) is 132 Å². The molecule has 2 N–H and O–H groups in total. The Morgan fingerprint density at radius 3 is 2.29 bits per heavy atom. The average molecular weight is 578 g/mol. The van der Waals surface area contributed by atoms with Crippen LogP contribution in [0.4, 0.5) is 15.8 Å². The van der Waals surface area contributed by atoms with Gasteiger partial charge in [0, 0.05) is 35.2 Å². The third-order valence-electron chi connectivity index (χ3n) is 6.38. The Labute approximate surface area is 247 Å². The minimum Gasteiger partial charge on any atom is -0.323 e. The summed E-state index contributed by atoms with van der Waals surface area (Å²) in [5.74, 6) is 0.314. The van der Waals surface area contributed by atoms with Crippen LogP contribution in [-0.4, -0.2) is 26.6 Å². The summed E-state index contributed by atoms with van der Waals surface area (Å²) in [6, 6.07) is 30.4. The first-order valence-corrected chi connectivity index (χ1v) is 14.3. The SMILES string of the molecule is CCn1c(SCc2ccc(C(=O)Nc3ccccc3F)cc2)nnc1-c1ccc(NC(=O)C=Cc2ccccc2)cc1. The van der Waals surface area contributed by atoms with Crippen molar-refractivity contribution in [1.82, 2.24) is 14.8 Å². The van der Waals surface area contributed by atoms with Crippen molar-refractivity contribution in [2.45, 2.75) is 24.4 Å². The van der Waals surface area contributed by atoms with Gasteiger partial charge in [-0.1, -0.05) is 66.4 Å². The lowest BCUT2D eigenvalue weighted by molar-refractivity contribution is -0.111. The minimum absolute atomic E-state index is 0.146. The third-order valence-corrected chi connectivity index (χ3v) is 7.41. The van der Waals surface area contributed by atoms with Gasteiger partial charge in [0.25, 0.3) is 5.91 Å². The third kappa shape index (κ3) is 7.18. The zero-order valence-corrected chi connectivity index (χ0v) is 23.6. The van der Waals surface area contributed by atoms with Gasteiger partial charge in [-0.25, -0.2) is 4.39 Å². The first-order valence-electron chi connectivity index (χ1n) is 13.4. The molecule has 0 saturated heterocycles. The predicted molar refractivity (Wildman–Crippen MR) is 166 cm³/mol. The number of aromatic nitrogens is 3. The molecule has 0 aliphatic carbocycles. The van der Waals surface area contributed by atoms with Crippen LogP contribution in [0.2, 0.25) is 0 Å². The summed E-state index contributed by atoms with van der Waals surface area (Å²) in [6.07, 6.45) is 3.28. The molecule has 5 aromatic rings. The topological polar surface area (TPSA) is 88.9 Å². The van der Waals surface area contributed by atoms with Crippen LogP contribution >= 0.6 is 11.8 Å². The van der Waals surface area contributed by atoms with Gasteiger partial charge < -0.3 is 15.2 Å². The molecule has 1 heterocycles. The molecule has 5 rings (SSSR count). The second kappa shape index (κ2) is 13.6. The molecule has 0 fully saturated rings. The Bertz CT molecular complexity index is 1700. The fraction of sp³-hybridized carbons (Fsp3) is 0.0909. The zero-order valence-electron chi connectivity index (χ0n) is 22.8. The van der Waals surface area contributed by atoms with Crippen LogP contribution in [0, 0.1) is 5.82 Å². The number of benzene rings is 4. The average Bonchev–Trinajstić information content (AvgIpc) is 3.44. The second-order valence-corrected chi connectivity index (χ2v) is 10.2. The maximum atomic E-state index is 13.9. The Kier molecular flexibility index (Phi) is 9.20. The number of nitrogens with zero attached hydrogens (tertiary/aromatic N) is 3. The molecule has 0 atom stereocenters. The van der Waals surface area contributed by atoms with E-state index in [0.29, 0.717) is 23.5 Å². The molecule has 0 spiro atoms. The number of carbonyl (C=O) groups excluding carboxylic acids is 2. The van der Waals surface area contributed by atoms with Crippen LogP contribution in [-0.2, 0) is 17.1 Å². The molecule has 4 aromatic carbocycles. The van der Waals surface area contributed by atoms with E-state index in [9.17, 15) is 14.0 Å². The van der Waals surface area contributed by atoms with Gasteiger partial charge in [-0.15, -0.1) is 10.2 Å². The molecule has 42 heavy (non-hydrogen) atoms. The fourth-order valence-electron chi connectivity index (χ4n) is 4.17. The highest BCUT2D eigenvalue weighted by Gasteiger charge is 2.14. The number of para-hydroxylation sites is 1. The van der Waals surface area contributed by atoms with Gasteiger partial charge >= 0.3 is 0 Å². The molecule has 0 radical (unpaired) electrons. The van der Waals surface area contributed by atoms with E-state index in [4.69, 9.17) is 0 Å². The van der Waals surface area contributed by atoms with Gasteiger partial charge in [-0.05, 0) is 72.7 Å². The normalized spacial score (nSPS) is 11.0.